The topological polar surface area (TPSA) is 61.4 Å². The number of hydrogen-bond donors (Lipinski definition) is 1. The second kappa shape index (κ2) is 8.07. The average molecular weight is 339 g/mol. The zero-order chi connectivity index (χ0) is 17.6. The number of anilines is 2. The second-order valence-electron chi connectivity index (χ2n) is 6.65. The fourth-order valence-electron chi connectivity index (χ4n) is 2.84. The van der Waals surface area contributed by atoms with Crippen LogP contribution >= 0.6 is 0 Å². The van der Waals surface area contributed by atoms with Crippen LogP contribution in [-0.4, -0.2) is 47.0 Å². The van der Waals surface area contributed by atoms with E-state index in [-0.39, 0.29) is 11.8 Å². The molecule has 0 atom stereocenters. The van der Waals surface area contributed by atoms with Crippen molar-refractivity contribution in [2.24, 2.45) is 5.92 Å². The summed E-state index contributed by atoms with van der Waals surface area (Å²) in [6, 6.07) is 12.4. The molecule has 1 saturated heterocycles. The number of piperazine rings is 1. The van der Waals surface area contributed by atoms with E-state index in [2.05, 4.69) is 49.4 Å². The molecule has 25 heavy (non-hydrogen) atoms. The molecule has 1 amide bonds. The molecule has 6 nitrogen and oxygen atoms in total. The standard InChI is InChI=1S/C19H25N5O/c1-15(2)19(25)22-17-12-18(21-14-20-17)24-10-8-23(9-11-24)13-16-6-4-3-5-7-16/h3-7,12,14-15H,8-11,13H2,1-2H3,(H,20,21,22,25). The highest BCUT2D eigenvalue weighted by Crippen LogP contribution is 2.17. The Morgan fingerprint density at radius 3 is 2.52 bits per heavy atom. The monoisotopic (exact) mass is 339 g/mol. The summed E-state index contributed by atoms with van der Waals surface area (Å²) >= 11 is 0. The van der Waals surface area contributed by atoms with Crippen LogP contribution in [0.15, 0.2) is 42.7 Å². The van der Waals surface area contributed by atoms with Crippen LogP contribution in [0.4, 0.5) is 11.6 Å². The van der Waals surface area contributed by atoms with Crippen LogP contribution < -0.4 is 10.2 Å². The van der Waals surface area contributed by atoms with E-state index >= 15 is 0 Å². The lowest BCUT2D eigenvalue weighted by molar-refractivity contribution is -0.118. The maximum atomic E-state index is 11.8. The first-order valence-corrected chi connectivity index (χ1v) is 8.76. The van der Waals surface area contributed by atoms with Gasteiger partial charge in [-0.2, -0.15) is 0 Å². The second-order valence-corrected chi connectivity index (χ2v) is 6.65. The molecule has 0 unspecified atom stereocenters. The Balaban J connectivity index is 1.56. The first-order valence-electron chi connectivity index (χ1n) is 8.76. The van der Waals surface area contributed by atoms with Crippen LogP contribution in [0.1, 0.15) is 19.4 Å². The van der Waals surface area contributed by atoms with Gasteiger partial charge in [-0.1, -0.05) is 44.2 Å². The van der Waals surface area contributed by atoms with Crippen molar-refractivity contribution in [2.45, 2.75) is 20.4 Å². The highest BCUT2D eigenvalue weighted by Gasteiger charge is 2.19. The molecule has 1 aromatic carbocycles. The highest BCUT2D eigenvalue weighted by atomic mass is 16.1. The van der Waals surface area contributed by atoms with Crippen LogP contribution in [0.5, 0.6) is 0 Å². The van der Waals surface area contributed by atoms with Crippen molar-refractivity contribution in [2.75, 3.05) is 36.4 Å². The van der Waals surface area contributed by atoms with E-state index in [0.29, 0.717) is 5.82 Å². The quantitative estimate of drug-likeness (QED) is 0.906. The zero-order valence-corrected chi connectivity index (χ0v) is 14.9. The van der Waals surface area contributed by atoms with Crippen molar-refractivity contribution in [1.29, 1.82) is 0 Å². The minimum Gasteiger partial charge on any atom is -0.354 e. The fraction of sp³-hybridized carbons (Fsp3) is 0.421. The number of nitrogens with one attached hydrogen (secondary N) is 1. The Hall–Kier alpha value is -2.47. The molecule has 3 rings (SSSR count). The molecule has 0 aliphatic carbocycles. The molecule has 1 N–H and O–H groups in total. The minimum atomic E-state index is -0.0695. The summed E-state index contributed by atoms with van der Waals surface area (Å²) in [5.41, 5.74) is 1.34. The number of amides is 1. The van der Waals surface area contributed by atoms with Crippen LogP contribution in [0.25, 0.3) is 0 Å². The number of carbonyl (C=O) groups excluding carboxylic acids is 1. The van der Waals surface area contributed by atoms with Gasteiger partial charge in [0.2, 0.25) is 5.91 Å². The van der Waals surface area contributed by atoms with E-state index in [0.717, 1.165) is 38.5 Å². The Bertz CT molecular complexity index is 696. The van der Waals surface area contributed by atoms with Gasteiger partial charge >= 0.3 is 0 Å². The first-order chi connectivity index (χ1) is 12.1. The molecular formula is C19H25N5O. The number of aromatic nitrogens is 2. The third-order valence-electron chi connectivity index (χ3n) is 4.37. The Morgan fingerprint density at radius 2 is 1.84 bits per heavy atom. The summed E-state index contributed by atoms with van der Waals surface area (Å²) in [5.74, 6) is 1.33. The lowest BCUT2D eigenvalue weighted by Crippen LogP contribution is -2.46. The molecule has 0 radical (unpaired) electrons. The van der Waals surface area contributed by atoms with Crippen molar-refractivity contribution in [3.8, 4) is 0 Å². The van der Waals surface area contributed by atoms with E-state index in [1.807, 2.05) is 26.0 Å². The average Bonchev–Trinajstić information content (AvgIpc) is 2.63. The van der Waals surface area contributed by atoms with Gasteiger partial charge in [0, 0.05) is 44.7 Å². The largest absolute Gasteiger partial charge is 0.354 e. The molecule has 6 heteroatoms. The Morgan fingerprint density at radius 1 is 1.12 bits per heavy atom. The van der Waals surface area contributed by atoms with Gasteiger partial charge < -0.3 is 10.2 Å². The van der Waals surface area contributed by atoms with E-state index < -0.39 is 0 Å². The first kappa shape index (κ1) is 17.4. The Labute approximate surface area is 148 Å². The van der Waals surface area contributed by atoms with Crippen LogP contribution in [0, 0.1) is 5.92 Å². The summed E-state index contributed by atoms with van der Waals surface area (Å²) in [6.45, 7) is 8.53. The predicted molar refractivity (Wildman–Crippen MR) is 99.4 cm³/mol. The summed E-state index contributed by atoms with van der Waals surface area (Å²) in [5, 5.41) is 2.84. The van der Waals surface area contributed by atoms with E-state index in [1.165, 1.54) is 11.9 Å². The van der Waals surface area contributed by atoms with Gasteiger partial charge in [0.1, 0.15) is 18.0 Å². The number of carbonyl (C=O) groups is 1. The van der Waals surface area contributed by atoms with E-state index in [9.17, 15) is 4.79 Å². The molecule has 2 aromatic rings. The molecule has 0 saturated carbocycles. The molecule has 0 spiro atoms. The van der Waals surface area contributed by atoms with Crippen molar-refractivity contribution in [3.05, 3.63) is 48.3 Å². The van der Waals surface area contributed by atoms with E-state index in [1.54, 1.807) is 0 Å². The van der Waals surface area contributed by atoms with Crippen molar-refractivity contribution in [3.63, 3.8) is 0 Å². The third-order valence-corrected chi connectivity index (χ3v) is 4.37. The number of benzene rings is 1. The summed E-state index contributed by atoms with van der Waals surface area (Å²) in [7, 11) is 0. The summed E-state index contributed by atoms with van der Waals surface area (Å²) in [6.07, 6.45) is 1.52. The molecule has 1 aromatic heterocycles. The summed E-state index contributed by atoms with van der Waals surface area (Å²) in [4.78, 5) is 25.0. The van der Waals surface area contributed by atoms with Crippen molar-refractivity contribution >= 4 is 17.5 Å². The van der Waals surface area contributed by atoms with Crippen LogP contribution in [0.2, 0.25) is 0 Å². The lowest BCUT2D eigenvalue weighted by Gasteiger charge is -2.35. The lowest BCUT2D eigenvalue weighted by atomic mass is 10.2. The third kappa shape index (κ3) is 4.76. The molecule has 132 valence electrons. The smallest absolute Gasteiger partial charge is 0.228 e. The number of rotatable bonds is 5. The normalized spacial score (nSPS) is 15.4. The SMILES string of the molecule is CC(C)C(=O)Nc1cc(N2CCN(Cc3ccccc3)CC2)ncn1. The van der Waals surface area contributed by atoms with E-state index in [4.69, 9.17) is 0 Å². The Kier molecular flexibility index (Phi) is 5.60. The van der Waals surface area contributed by atoms with Crippen LogP contribution in [0.3, 0.4) is 0 Å². The molecule has 1 fully saturated rings. The molecule has 2 heterocycles. The predicted octanol–water partition coefficient (Wildman–Crippen LogP) is 2.39. The maximum absolute atomic E-state index is 11.8. The van der Waals surface area contributed by atoms with Gasteiger partial charge in [-0.3, -0.25) is 9.69 Å². The van der Waals surface area contributed by atoms with Gasteiger partial charge in [-0.25, -0.2) is 9.97 Å². The van der Waals surface area contributed by atoms with Gasteiger partial charge in [-0.05, 0) is 5.56 Å². The van der Waals surface area contributed by atoms with Gasteiger partial charge in [-0.15, -0.1) is 0 Å². The van der Waals surface area contributed by atoms with Gasteiger partial charge in [0.25, 0.3) is 0 Å². The fourth-order valence-corrected chi connectivity index (χ4v) is 2.84. The molecule has 0 bridgehead atoms. The minimum absolute atomic E-state index is 0.0302. The highest BCUT2D eigenvalue weighted by molar-refractivity contribution is 5.91. The molecule has 1 aliphatic rings. The number of nitrogens with zero attached hydrogens (tertiary/aromatic N) is 4. The molecular weight excluding hydrogens is 314 g/mol. The number of hydrogen-bond acceptors (Lipinski definition) is 5. The summed E-state index contributed by atoms with van der Waals surface area (Å²) < 4.78 is 0. The van der Waals surface area contributed by atoms with Crippen molar-refractivity contribution in [1.82, 2.24) is 14.9 Å². The van der Waals surface area contributed by atoms with Gasteiger partial charge in [0.05, 0.1) is 0 Å². The van der Waals surface area contributed by atoms with Crippen LogP contribution in [-0.2, 0) is 11.3 Å². The maximum Gasteiger partial charge on any atom is 0.228 e. The molecule has 1 aliphatic heterocycles. The zero-order valence-electron chi connectivity index (χ0n) is 14.9. The van der Waals surface area contributed by atoms with Gasteiger partial charge in [0.15, 0.2) is 0 Å². The van der Waals surface area contributed by atoms with Crippen molar-refractivity contribution < 1.29 is 4.79 Å².